The Bertz CT molecular complexity index is 501. The second-order valence-electron chi connectivity index (χ2n) is 7.22. The summed E-state index contributed by atoms with van der Waals surface area (Å²) in [6.07, 6.45) is 8.18. The average molecular weight is 320 g/mol. The highest BCUT2D eigenvalue weighted by Gasteiger charge is 2.31. The first-order valence-electron chi connectivity index (χ1n) is 8.28. The van der Waals surface area contributed by atoms with Gasteiger partial charge in [-0.25, -0.2) is 4.79 Å². The number of rotatable bonds is 4. The minimum absolute atomic E-state index is 0.195. The molecule has 6 nitrogen and oxygen atoms in total. The molecule has 1 fully saturated rings. The SMILES string of the molecule is CN(Cc1cnccn1)CC1CCCCN1C(=O)OC(C)(C)C. The zero-order chi connectivity index (χ0) is 16.9. The number of likely N-dealkylation sites (tertiary alicyclic amines) is 1. The summed E-state index contributed by atoms with van der Waals surface area (Å²) in [5, 5.41) is 0. The second kappa shape index (κ2) is 7.73. The molecular weight excluding hydrogens is 292 g/mol. The van der Waals surface area contributed by atoms with Crippen molar-refractivity contribution in [3.05, 3.63) is 24.3 Å². The van der Waals surface area contributed by atoms with E-state index in [9.17, 15) is 4.79 Å². The van der Waals surface area contributed by atoms with Gasteiger partial charge in [-0.3, -0.25) is 14.9 Å². The van der Waals surface area contributed by atoms with Crippen molar-refractivity contribution in [3.63, 3.8) is 0 Å². The third-order valence-corrected chi connectivity index (χ3v) is 3.83. The lowest BCUT2D eigenvalue weighted by molar-refractivity contribution is 0.00583. The standard InChI is InChI=1S/C17H28N4O2/c1-17(2,3)23-16(22)21-10-6-5-7-15(21)13-20(4)12-14-11-18-8-9-19-14/h8-9,11,15H,5-7,10,12-13H2,1-4H3. The summed E-state index contributed by atoms with van der Waals surface area (Å²) in [4.78, 5) is 24.9. The lowest BCUT2D eigenvalue weighted by atomic mass is 10.0. The van der Waals surface area contributed by atoms with Gasteiger partial charge in [-0.05, 0) is 47.1 Å². The van der Waals surface area contributed by atoms with Gasteiger partial charge < -0.3 is 9.64 Å². The van der Waals surface area contributed by atoms with Gasteiger partial charge in [0.1, 0.15) is 5.60 Å². The Kier molecular flexibility index (Phi) is 5.93. The molecule has 1 aliphatic heterocycles. The molecule has 128 valence electrons. The van der Waals surface area contributed by atoms with Gasteiger partial charge in [0, 0.05) is 44.3 Å². The third kappa shape index (κ3) is 5.78. The summed E-state index contributed by atoms with van der Waals surface area (Å²) in [6.45, 7) is 8.04. The van der Waals surface area contributed by atoms with Gasteiger partial charge in [0.25, 0.3) is 0 Å². The molecule has 0 radical (unpaired) electrons. The van der Waals surface area contributed by atoms with E-state index in [0.717, 1.165) is 44.6 Å². The van der Waals surface area contributed by atoms with Crippen LogP contribution in [0.25, 0.3) is 0 Å². The van der Waals surface area contributed by atoms with Crippen LogP contribution in [0.4, 0.5) is 4.79 Å². The normalized spacial score (nSPS) is 19.0. The van der Waals surface area contributed by atoms with E-state index in [-0.39, 0.29) is 12.1 Å². The molecule has 1 saturated heterocycles. The van der Waals surface area contributed by atoms with Gasteiger partial charge in [-0.2, -0.15) is 0 Å². The number of aromatic nitrogens is 2. The van der Waals surface area contributed by atoms with Gasteiger partial charge in [-0.15, -0.1) is 0 Å². The van der Waals surface area contributed by atoms with E-state index in [2.05, 4.69) is 21.9 Å². The van der Waals surface area contributed by atoms with E-state index in [1.165, 1.54) is 0 Å². The van der Waals surface area contributed by atoms with Crippen molar-refractivity contribution in [1.82, 2.24) is 19.8 Å². The number of carbonyl (C=O) groups is 1. The fourth-order valence-corrected chi connectivity index (χ4v) is 2.86. The molecule has 0 N–H and O–H groups in total. The molecule has 0 aromatic carbocycles. The number of likely N-dealkylation sites (N-methyl/N-ethyl adjacent to an activating group) is 1. The average Bonchev–Trinajstić information content (AvgIpc) is 2.47. The zero-order valence-corrected chi connectivity index (χ0v) is 14.7. The van der Waals surface area contributed by atoms with Crippen molar-refractivity contribution in [2.75, 3.05) is 20.1 Å². The molecule has 0 saturated carbocycles. The van der Waals surface area contributed by atoms with Crippen LogP contribution < -0.4 is 0 Å². The lowest BCUT2D eigenvalue weighted by Gasteiger charge is -2.38. The predicted molar refractivity (Wildman–Crippen MR) is 88.9 cm³/mol. The molecule has 1 amide bonds. The number of nitrogens with zero attached hydrogens (tertiary/aromatic N) is 4. The highest BCUT2D eigenvalue weighted by atomic mass is 16.6. The molecule has 2 rings (SSSR count). The fourth-order valence-electron chi connectivity index (χ4n) is 2.86. The molecular formula is C17H28N4O2. The van der Waals surface area contributed by atoms with E-state index in [4.69, 9.17) is 4.74 Å². The summed E-state index contributed by atoms with van der Waals surface area (Å²) in [5.41, 5.74) is 0.486. The van der Waals surface area contributed by atoms with Crippen LogP contribution in [-0.2, 0) is 11.3 Å². The Morgan fingerprint density at radius 1 is 1.39 bits per heavy atom. The molecule has 0 aliphatic carbocycles. The molecule has 0 bridgehead atoms. The van der Waals surface area contributed by atoms with Crippen LogP contribution in [0, 0.1) is 0 Å². The van der Waals surface area contributed by atoms with E-state index in [1.807, 2.05) is 25.7 Å². The Labute approximate surface area is 138 Å². The Morgan fingerprint density at radius 2 is 2.17 bits per heavy atom. The Morgan fingerprint density at radius 3 is 2.83 bits per heavy atom. The summed E-state index contributed by atoms with van der Waals surface area (Å²) >= 11 is 0. The van der Waals surface area contributed by atoms with Gasteiger partial charge in [0.15, 0.2) is 0 Å². The van der Waals surface area contributed by atoms with Crippen molar-refractivity contribution in [3.8, 4) is 0 Å². The maximum Gasteiger partial charge on any atom is 0.410 e. The quantitative estimate of drug-likeness (QED) is 0.853. The molecule has 6 heteroatoms. The van der Waals surface area contributed by atoms with Crippen LogP contribution in [0.15, 0.2) is 18.6 Å². The highest BCUT2D eigenvalue weighted by Crippen LogP contribution is 2.21. The summed E-state index contributed by atoms with van der Waals surface area (Å²) in [5.74, 6) is 0. The minimum Gasteiger partial charge on any atom is -0.444 e. The third-order valence-electron chi connectivity index (χ3n) is 3.83. The number of ether oxygens (including phenoxy) is 1. The van der Waals surface area contributed by atoms with Crippen LogP contribution >= 0.6 is 0 Å². The number of hydrogen-bond donors (Lipinski definition) is 0. The van der Waals surface area contributed by atoms with Gasteiger partial charge in [0.2, 0.25) is 0 Å². The zero-order valence-electron chi connectivity index (χ0n) is 14.7. The van der Waals surface area contributed by atoms with Crippen molar-refractivity contribution >= 4 is 6.09 Å². The van der Waals surface area contributed by atoms with E-state index < -0.39 is 5.60 Å². The number of carbonyl (C=O) groups excluding carboxylic acids is 1. The van der Waals surface area contributed by atoms with Crippen LogP contribution in [0.3, 0.4) is 0 Å². The molecule has 1 atom stereocenters. The van der Waals surface area contributed by atoms with Crippen molar-refractivity contribution in [2.45, 2.75) is 58.2 Å². The van der Waals surface area contributed by atoms with Gasteiger partial charge >= 0.3 is 6.09 Å². The van der Waals surface area contributed by atoms with E-state index in [1.54, 1.807) is 18.6 Å². The van der Waals surface area contributed by atoms with Crippen LogP contribution in [-0.4, -0.2) is 57.6 Å². The smallest absolute Gasteiger partial charge is 0.410 e. The Balaban J connectivity index is 1.94. The molecule has 0 spiro atoms. The number of amides is 1. The van der Waals surface area contributed by atoms with Crippen molar-refractivity contribution in [1.29, 1.82) is 0 Å². The largest absolute Gasteiger partial charge is 0.444 e. The first-order chi connectivity index (χ1) is 10.8. The Hall–Kier alpha value is -1.69. The summed E-state index contributed by atoms with van der Waals surface area (Å²) in [6, 6.07) is 0.195. The van der Waals surface area contributed by atoms with Crippen LogP contribution in [0.2, 0.25) is 0 Å². The van der Waals surface area contributed by atoms with Crippen molar-refractivity contribution in [2.24, 2.45) is 0 Å². The first-order valence-corrected chi connectivity index (χ1v) is 8.28. The molecule has 1 aromatic heterocycles. The van der Waals surface area contributed by atoms with Crippen LogP contribution in [0.1, 0.15) is 45.7 Å². The van der Waals surface area contributed by atoms with E-state index in [0.29, 0.717) is 0 Å². The molecule has 1 aliphatic rings. The number of piperidine rings is 1. The maximum atomic E-state index is 12.4. The summed E-state index contributed by atoms with van der Waals surface area (Å²) in [7, 11) is 2.05. The molecule has 2 heterocycles. The molecule has 1 aromatic rings. The summed E-state index contributed by atoms with van der Waals surface area (Å²) < 4.78 is 5.55. The van der Waals surface area contributed by atoms with Crippen LogP contribution in [0.5, 0.6) is 0 Å². The molecule has 23 heavy (non-hydrogen) atoms. The lowest BCUT2D eigenvalue weighted by Crippen LogP contribution is -2.50. The predicted octanol–water partition coefficient (Wildman–Crippen LogP) is 2.70. The number of hydrogen-bond acceptors (Lipinski definition) is 5. The van der Waals surface area contributed by atoms with Crippen molar-refractivity contribution < 1.29 is 9.53 Å². The van der Waals surface area contributed by atoms with Gasteiger partial charge in [-0.1, -0.05) is 0 Å². The minimum atomic E-state index is -0.454. The topological polar surface area (TPSA) is 58.6 Å². The monoisotopic (exact) mass is 320 g/mol. The maximum absolute atomic E-state index is 12.4. The van der Waals surface area contributed by atoms with E-state index >= 15 is 0 Å². The van der Waals surface area contributed by atoms with Gasteiger partial charge in [0.05, 0.1) is 5.69 Å². The first kappa shape index (κ1) is 17.7. The fraction of sp³-hybridized carbons (Fsp3) is 0.706. The molecule has 1 unspecified atom stereocenters. The highest BCUT2D eigenvalue weighted by molar-refractivity contribution is 5.68. The second-order valence-corrected chi connectivity index (χ2v) is 7.22.